The van der Waals surface area contributed by atoms with Crippen LogP contribution < -0.4 is 21.3 Å². The van der Waals surface area contributed by atoms with Crippen LogP contribution in [0.2, 0.25) is 0 Å². The van der Waals surface area contributed by atoms with Crippen molar-refractivity contribution in [2.45, 2.75) is 84.7 Å². The van der Waals surface area contributed by atoms with Crippen molar-refractivity contribution in [2.24, 2.45) is 0 Å². The first kappa shape index (κ1) is 46.1. The Morgan fingerprint density at radius 3 is 2.38 bits per heavy atom. The summed E-state index contributed by atoms with van der Waals surface area (Å²) in [5.41, 5.74) is 7.17. The molecule has 2 aromatic carbocycles. The summed E-state index contributed by atoms with van der Waals surface area (Å²) in [6.07, 6.45) is 3.92. The average molecular weight is 930 g/mol. The van der Waals surface area contributed by atoms with Crippen LogP contribution in [0.3, 0.4) is 0 Å². The summed E-state index contributed by atoms with van der Waals surface area (Å²) in [5, 5.41) is 22.5. The van der Waals surface area contributed by atoms with E-state index in [4.69, 9.17) is 33.8 Å². The molecular formula is C48H55N11O9. The SMILES string of the molecule is CCn1nc(C2CC2)cc1Nc1nc(C(=O)NCCOCCOCCOCCCCNc2cccc3c2C(=O)N(C2CCC(=O)NC2=O)C3=O)nc2[nH]c3cc(-c4c(C)noc4C)c(C)cc3c12. The second-order valence-electron chi connectivity index (χ2n) is 17.2. The first-order chi connectivity index (χ1) is 33.0. The average Bonchev–Trinajstić information content (AvgIpc) is 3.78. The quantitative estimate of drug-likeness (QED) is 0.0411. The zero-order valence-electron chi connectivity index (χ0n) is 38.6. The normalized spacial score (nSPS) is 16.0. The van der Waals surface area contributed by atoms with Crippen LogP contribution in [-0.2, 0) is 30.3 Å². The molecule has 1 aliphatic carbocycles. The van der Waals surface area contributed by atoms with E-state index in [0.29, 0.717) is 69.2 Å². The van der Waals surface area contributed by atoms with Crippen LogP contribution in [0.4, 0.5) is 17.3 Å². The predicted octanol–water partition coefficient (Wildman–Crippen LogP) is 5.60. The summed E-state index contributed by atoms with van der Waals surface area (Å²) >= 11 is 0. The van der Waals surface area contributed by atoms with Crippen LogP contribution in [-0.4, -0.2) is 123 Å². The number of ether oxygens (including phenoxy) is 3. The summed E-state index contributed by atoms with van der Waals surface area (Å²) in [5.74, 6) is -0.0819. The topological polar surface area (TPSA) is 250 Å². The Morgan fingerprint density at radius 2 is 1.65 bits per heavy atom. The number of hydrogen-bond acceptors (Lipinski definition) is 15. The number of aromatic nitrogens is 6. The molecule has 5 N–H and O–H groups in total. The van der Waals surface area contributed by atoms with Gasteiger partial charge in [0, 0.05) is 66.8 Å². The fourth-order valence-corrected chi connectivity index (χ4v) is 8.83. The van der Waals surface area contributed by atoms with E-state index in [0.717, 1.165) is 86.5 Å². The first-order valence-electron chi connectivity index (χ1n) is 23.2. The highest BCUT2D eigenvalue weighted by Crippen LogP contribution is 2.42. The van der Waals surface area contributed by atoms with Gasteiger partial charge < -0.3 is 39.7 Å². The lowest BCUT2D eigenvalue weighted by Gasteiger charge is -2.27. The maximum Gasteiger partial charge on any atom is 0.289 e. The third-order valence-electron chi connectivity index (χ3n) is 12.4. The Hall–Kier alpha value is -7.03. The van der Waals surface area contributed by atoms with E-state index in [2.05, 4.69) is 56.5 Å². The lowest BCUT2D eigenvalue weighted by atomic mass is 9.97. The number of aryl methyl sites for hydroxylation is 4. The molecule has 20 nitrogen and oxygen atoms in total. The van der Waals surface area contributed by atoms with E-state index >= 15 is 0 Å². The summed E-state index contributed by atoms with van der Waals surface area (Å²) in [7, 11) is 0. The molecule has 0 bridgehead atoms. The number of fused-ring (bicyclic) bond motifs is 4. The molecule has 6 heterocycles. The van der Waals surface area contributed by atoms with Crippen molar-refractivity contribution in [3.8, 4) is 11.1 Å². The maximum absolute atomic E-state index is 13.5. The number of amides is 5. The second kappa shape index (κ2) is 20.1. The molecular weight excluding hydrogens is 875 g/mol. The van der Waals surface area contributed by atoms with E-state index in [1.807, 2.05) is 25.5 Å². The number of carbonyl (C=O) groups excluding carboxylic acids is 5. The zero-order valence-corrected chi connectivity index (χ0v) is 38.6. The number of unbranched alkanes of at least 4 members (excludes halogenated alkanes) is 1. The molecule has 4 aromatic heterocycles. The van der Waals surface area contributed by atoms with Gasteiger partial charge in [-0.25, -0.2) is 14.6 Å². The Morgan fingerprint density at radius 1 is 0.868 bits per heavy atom. The number of hydrogen-bond donors (Lipinski definition) is 5. The molecule has 0 spiro atoms. The van der Waals surface area contributed by atoms with Gasteiger partial charge in [0.05, 0.1) is 60.9 Å². The standard InChI is InChI=1S/C48H55N11O9/c1-5-58-37(25-34(56-58)29-11-12-29)52-43-41-32-23-26(2)31(39-27(3)57-68-28(39)4)24-35(32)51-42(41)54-44(55-43)46(62)50-16-18-66-20-22-67-21-19-65-17-7-6-15-49-33-10-8-9-30-40(33)48(64)59(47(30)63)36-13-14-38(60)53-45(36)61/h8-10,23-25,29,36,49H,5-7,11-22H2,1-4H3,(H,50,62)(H,53,60,61)(H2,51,52,54,55). The van der Waals surface area contributed by atoms with Gasteiger partial charge >= 0.3 is 0 Å². The number of anilines is 3. The minimum Gasteiger partial charge on any atom is -0.384 e. The van der Waals surface area contributed by atoms with Crippen molar-refractivity contribution >= 4 is 68.8 Å². The highest BCUT2D eigenvalue weighted by molar-refractivity contribution is 6.25. The lowest BCUT2D eigenvalue weighted by Crippen LogP contribution is -2.54. The highest BCUT2D eigenvalue weighted by atomic mass is 16.5. The number of nitrogens with one attached hydrogen (secondary N) is 5. The molecule has 0 radical (unpaired) electrons. The number of nitrogens with zero attached hydrogens (tertiary/aromatic N) is 6. The molecule has 1 saturated heterocycles. The van der Waals surface area contributed by atoms with Crippen LogP contribution in [0.15, 0.2) is 40.9 Å². The molecule has 2 aliphatic heterocycles. The molecule has 1 unspecified atom stereocenters. The van der Waals surface area contributed by atoms with Crippen LogP contribution in [0, 0.1) is 20.8 Å². The number of aromatic amines is 1. The van der Waals surface area contributed by atoms with Crippen molar-refractivity contribution < 1.29 is 42.7 Å². The molecule has 9 rings (SSSR count). The number of carbonyl (C=O) groups is 5. The Balaban J connectivity index is 0.707. The van der Waals surface area contributed by atoms with E-state index in [-0.39, 0.29) is 42.9 Å². The zero-order chi connectivity index (χ0) is 47.5. The first-order valence-corrected chi connectivity index (χ1v) is 23.2. The fourth-order valence-electron chi connectivity index (χ4n) is 8.83. The summed E-state index contributed by atoms with van der Waals surface area (Å²) in [6, 6.07) is 10.2. The van der Waals surface area contributed by atoms with Crippen LogP contribution in [0.5, 0.6) is 0 Å². The Bertz CT molecular complexity index is 2900. The number of rotatable bonds is 22. The van der Waals surface area contributed by atoms with E-state index < -0.39 is 35.6 Å². The molecule has 1 atom stereocenters. The molecule has 20 heteroatoms. The minimum atomic E-state index is -1.01. The van der Waals surface area contributed by atoms with Gasteiger partial charge in [-0.15, -0.1) is 0 Å². The van der Waals surface area contributed by atoms with E-state index in [1.165, 1.54) is 0 Å². The van der Waals surface area contributed by atoms with Crippen molar-refractivity contribution in [3.05, 3.63) is 76.1 Å². The summed E-state index contributed by atoms with van der Waals surface area (Å²) < 4.78 is 24.5. The Kier molecular flexibility index (Phi) is 13.6. The molecule has 1 saturated carbocycles. The molecule has 356 valence electrons. The van der Waals surface area contributed by atoms with Gasteiger partial charge in [0.25, 0.3) is 17.7 Å². The van der Waals surface area contributed by atoms with Gasteiger partial charge in [0.15, 0.2) is 0 Å². The molecule has 3 aliphatic rings. The van der Waals surface area contributed by atoms with Gasteiger partial charge in [0.2, 0.25) is 17.6 Å². The third-order valence-corrected chi connectivity index (χ3v) is 12.4. The molecule has 2 fully saturated rings. The predicted molar refractivity (Wildman–Crippen MR) is 250 cm³/mol. The number of H-pyrrole nitrogens is 1. The highest BCUT2D eigenvalue weighted by Gasteiger charge is 2.45. The largest absolute Gasteiger partial charge is 0.384 e. The monoisotopic (exact) mass is 929 g/mol. The second-order valence-corrected chi connectivity index (χ2v) is 17.2. The van der Waals surface area contributed by atoms with Crippen molar-refractivity contribution in [3.63, 3.8) is 0 Å². The van der Waals surface area contributed by atoms with Crippen LogP contribution in [0.25, 0.3) is 33.1 Å². The van der Waals surface area contributed by atoms with Gasteiger partial charge in [-0.3, -0.25) is 34.2 Å². The van der Waals surface area contributed by atoms with Gasteiger partial charge in [-0.2, -0.15) is 5.10 Å². The fraction of sp³-hybridized carbons (Fsp3) is 0.438. The Labute approximate surface area is 391 Å². The third kappa shape index (κ3) is 9.56. The van der Waals surface area contributed by atoms with Crippen LogP contribution in [0.1, 0.15) is 105 Å². The smallest absolute Gasteiger partial charge is 0.289 e. The maximum atomic E-state index is 13.5. The van der Waals surface area contributed by atoms with Crippen LogP contribution >= 0.6 is 0 Å². The number of piperidine rings is 1. The van der Waals surface area contributed by atoms with E-state index in [1.54, 1.807) is 18.2 Å². The van der Waals surface area contributed by atoms with Crippen molar-refractivity contribution in [2.75, 3.05) is 63.4 Å². The molecule has 68 heavy (non-hydrogen) atoms. The van der Waals surface area contributed by atoms with Gasteiger partial charge in [-0.1, -0.05) is 11.2 Å². The minimum absolute atomic E-state index is 0.00688. The van der Waals surface area contributed by atoms with Crippen molar-refractivity contribution in [1.29, 1.82) is 0 Å². The van der Waals surface area contributed by atoms with Crippen molar-refractivity contribution in [1.82, 2.24) is 45.4 Å². The van der Waals surface area contributed by atoms with E-state index in [9.17, 15) is 24.0 Å². The molecule has 6 aromatic rings. The lowest BCUT2D eigenvalue weighted by molar-refractivity contribution is -0.136. The van der Waals surface area contributed by atoms with Gasteiger partial charge in [0.1, 0.15) is 29.1 Å². The number of imide groups is 2. The van der Waals surface area contributed by atoms with Gasteiger partial charge in [-0.05, 0) is 95.2 Å². The molecule has 5 amide bonds. The summed E-state index contributed by atoms with van der Waals surface area (Å²) in [6.45, 7) is 11.6. The summed E-state index contributed by atoms with van der Waals surface area (Å²) in [4.78, 5) is 77.8. The number of benzene rings is 2.